The summed E-state index contributed by atoms with van der Waals surface area (Å²) in [5, 5.41) is 0. The van der Waals surface area contributed by atoms with E-state index in [0.717, 1.165) is 24.7 Å². The zero-order valence-electron chi connectivity index (χ0n) is 11.0. The van der Waals surface area contributed by atoms with Crippen molar-refractivity contribution in [3.8, 4) is 0 Å². The summed E-state index contributed by atoms with van der Waals surface area (Å²) < 4.78 is 5.28. The van der Waals surface area contributed by atoms with Crippen LogP contribution in [0.2, 0.25) is 0 Å². The van der Waals surface area contributed by atoms with Gasteiger partial charge in [0.05, 0.1) is 6.10 Å². The molecule has 0 aromatic rings. The van der Waals surface area contributed by atoms with Crippen LogP contribution in [0.4, 0.5) is 0 Å². The summed E-state index contributed by atoms with van der Waals surface area (Å²) in [5.74, 6) is 7.32. The maximum atomic E-state index is 5.69. The molecule has 96 valence electrons. The second-order valence-electron chi connectivity index (χ2n) is 5.43. The molecule has 0 saturated heterocycles. The van der Waals surface area contributed by atoms with E-state index in [0.29, 0.717) is 12.1 Å². The van der Waals surface area contributed by atoms with Gasteiger partial charge in [0.25, 0.3) is 0 Å². The molecule has 3 heteroatoms. The Morgan fingerprint density at radius 1 is 1.38 bits per heavy atom. The summed E-state index contributed by atoms with van der Waals surface area (Å²) >= 11 is 0. The van der Waals surface area contributed by atoms with Crippen molar-refractivity contribution in [3.63, 3.8) is 0 Å². The number of methoxy groups -OCH3 is 1. The van der Waals surface area contributed by atoms with Gasteiger partial charge in [-0.05, 0) is 44.4 Å². The van der Waals surface area contributed by atoms with Gasteiger partial charge in [-0.1, -0.05) is 19.8 Å². The molecule has 1 fully saturated rings. The molecular weight excluding hydrogens is 200 g/mol. The number of hydrogen-bond acceptors (Lipinski definition) is 3. The van der Waals surface area contributed by atoms with Crippen LogP contribution in [0.5, 0.6) is 0 Å². The summed E-state index contributed by atoms with van der Waals surface area (Å²) in [6, 6.07) is 0.473. The zero-order valence-corrected chi connectivity index (χ0v) is 11.0. The lowest BCUT2D eigenvalue weighted by Crippen LogP contribution is -2.42. The van der Waals surface area contributed by atoms with Crippen molar-refractivity contribution >= 4 is 0 Å². The van der Waals surface area contributed by atoms with Crippen LogP contribution in [0.25, 0.3) is 0 Å². The first-order valence-corrected chi connectivity index (χ1v) is 6.66. The molecule has 1 aliphatic carbocycles. The molecule has 16 heavy (non-hydrogen) atoms. The van der Waals surface area contributed by atoms with Crippen LogP contribution >= 0.6 is 0 Å². The molecule has 0 aromatic heterocycles. The quantitative estimate of drug-likeness (QED) is 0.542. The zero-order chi connectivity index (χ0) is 12.0. The third-order valence-electron chi connectivity index (χ3n) is 4.05. The molecule has 0 bridgehead atoms. The fourth-order valence-electron chi connectivity index (χ4n) is 2.83. The molecule has 0 radical (unpaired) electrons. The average Bonchev–Trinajstić information content (AvgIpc) is 2.29. The Hall–Kier alpha value is -0.120. The summed E-state index contributed by atoms with van der Waals surface area (Å²) in [7, 11) is 1.78. The number of nitrogens with one attached hydrogen (secondary N) is 1. The molecule has 3 N–H and O–H groups in total. The van der Waals surface area contributed by atoms with Gasteiger partial charge in [-0.2, -0.15) is 0 Å². The molecule has 4 unspecified atom stereocenters. The molecule has 0 heterocycles. The van der Waals surface area contributed by atoms with Crippen molar-refractivity contribution in [3.05, 3.63) is 0 Å². The van der Waals surface area contributed by atoms with Gasteiger partial charge in [-0.15, -0.1) is 0 Å². The minimum atomic E-state index is 0.344. The van der Waals surface area contributed by atoms with Crippen LogP contribution in [-0.2, 0) is 4.74 Å². The summed E-state index contributed by atoms with van der Waals surface area (Å²) in [5.41, 5.74) is 3.02. The maximum Gasteiger partial charge on any atom is 0.0543 e. The Kier molecular flexibility index (Phi) is 6.32. The van der Waals surface area contributed by atoms with E-state index in [-0.39, 0.29) is 0 Å². The van der Waals surface area contributed by atoms with Gasteiger partial charge in [-0.25, -0.2) is 0 Å². The van der Waals surface area contributed by atoms with Crippen LogP contribution in [0, 0.1) is 11.8 Å². The van der Waals surface area contributed by atoms with E-state index in [2.05, 4.69) is 19.3 Å². The highest BCUT2D eigenvalue weighted by Gasteiger charge is 2.26. The maximum absolute atomic E-state index is 5.69. The number of hydrazine groups is 1. The molecule has 0 amide bonds. The second-order valence-corrected chi connectivity index (χ2v) is 5.43. The van der Waals surface area contributed by atoms with E-state index in [1.807, 2.05) is 0 Å². The Morgan fingerprint density at radius 2 is 2.12 bits per heavy atom. The van der Waals surface area contributed by atoms with Gasteiger partial charge >= 0.3 is 0 Å². The topological polar surface area (TPSA) is 47.3 Å². The fourth-order valence-corrected chi connectivity index (χ4v) is 2.83. The van der Waals surface area contributed by atoms with E-state index in [4.69, 9.17) is 10.6 Å². The highest BCUT2D eigenvalue weighted by molar-refractivity contribution is 4.80. The Morgan fingerprint density at radius 3 is 2.69 bits per heavy atom. The number of hydrogen-bond donors (Lipinski definition) is 2. The molecule has 1 aliphatic rings. The fraction of sp³-hybridized carbons (Fsp3) is 1.00. The SMILES string of the molecule is COC(C)CCC(NN)C1CCCC(C)C1. The van der Waals surface area contributed by atoms with Gasteiger partial charge in [0.2, 0.25) is 0 Å². The molecule has 4 atom stereocenters. The largest absolute Gasteiger partial charge is 0.382 e. The molecule has 3 nitrogen and oxygen atoms in total. The van der Waals surface area contributed by atoms with Gasteiger partial charge in [0.15, 0.2) is 0 Å². The first-order valence-electron chi connectivity index (χ1n) is 6.66. The van der Waals surface area contributed by atoms with Gasteiger partial charge in [-0.3, -0.25) is 11.3 Å². The Bertz CT molecular complexity index is 187. The summed E-state index contributed by atoms with van der Waals surface area (Å²) in [4.78, 5) is 0. The van der Waals surface area contributed by atoms with Crippen molar-refractivity contribution in [1.29, 1.82) is 0 Å². The highest BCUT2D eigenvalue weighted by atomic mass is 16.5. The van der Waals surface area contributed by atoms with Crippen molar-refractivity contribution in [2.75, 3.05) is 7.11 Å². The van der Waals surface area contributed by atoms with Crippen molar-refractivity contribution < 1.29 is 4.74 Å². The molecule has 0 aromatic carbocycles. The van der Waals surface area contributed by atoms with Crippen LogP contribution in [0.1, 0.15) is 52.4 Å². The van der Waals surface area contributed by atoms with Gasteiger partial charge in [0, 0.05) is 13.2 Å². The smallest absolute Gasteiger partial charge is 0.0543 e. The molecule has 1 saturated carbocycles. The lowest BCUT2D eigenvalue weighted by atomic mass is 9.77. The molecule has 1 rings (SSSR count). The van der Waals surface area contributed by atoms with Crippen LogP contribution in [0.3, 0.4) is 0 Å². The lowest BCUT2D eigenvalue weighted by Gasteiger charge is -2.33. The average molecular weight is 228 g/mol. The van der Waals surface area contributed by atoms with Crippen molar-refractivity contribution in [2.24, 2.45) is 17.7 Å². The minimum absolute atomic E-state index is 0.344. The van der Waals surface area contributed by atoms with Crippen molar-refractivity contribution in [1.82, 2.24) is 5.43 Å². The molecular formula is C13H28N2O. The first-order chi connectivity index (χ1) is 7.67. The Labute approximate surface area is 100 Å². The second kappa shape index (κ2) is 7.25. The normalized spacial score (nSPS) is 30.0. The summed E-state index contributed by atoms with van der Waals surface area (Å²) in [6.45, 7) is 4.48. The van der Waals surface area contributed by atoms with E-state index >= 15 is 0 Å². The highest BCUT2D eigenvalue weighted by Crippen LogP contribution is 2.32. The monoisotopic (exact) mass is 228 g/mol. The summed E-state index contributed by atoms with van der Waals surface area (Å²) in [6.07, 6.45) is 7.99. The first kappa shape index (κ1) is 13.9. The minimum Gasteiger partial charge on any atom is -0.382 e. The van der Waals surface area contributed by atoms with E-state index in [1.54, 1.807) is 7.11 Å². The number of ether oxygens (including phenoxy) is 1. The predicted octanol–water partition coefficient (Wildman–Crippen LogP) is 2.46. The van der Waals surface area contributed by atoms with E-state index in [9.17, 15) is 0 Å². The number of nitrogens with two attached hydrogens (primary N) is 1. The third kappa shape index (κ3) is 4.40. The lowest BCUT2D eigenvalue weighted by molar-refractivity contribution is 0.0997. The molecule has 0 aliphatic heterocycles. The van der Waals surface area contributed by atoms with Crippen LogP contribution < -0.4 is 11.3 Å². The number of rotatable bonds is 6. The predicted molar refractivity (Wildman–Crippen MR) is 67.9 cm³/mol. The molecule has 0 spiro atoms. The van der Waals surface area contributed by atoms with Crippen molar-refractivity contribution in [2.45, 2.75) is 64.5 Å². The van der Waals surface area contributed by atoms with Crippen LogP contribution in [-0.4, -0.2) is 19.3 Å². The van der Waals surface area contributed by atoms with E-state index in [1.165, 1.54) is 25.7 Å². The van der Waals surface area contributed by atoms with Crippen LogP contribution in [0.15, 0.2) is 0 Å². The van der Waals surface area contributed by atoms with Gasteiger partial charge in [0.1, 0.15) is 0 Å². The standard InChI is InChI=1S/C13H28N2O/c1-10-5-4-6-12(9-10)13(15-14)8-7-11(2)16-3/h10-13,15H,4-9,14H2,1-3H3. The van der Waals surface area contributed by atoms with E-state index < -0.39 is 0 Å². The van der Waals surface area contributed by atoms with Gasteiger partial charge < -0.3 is 4.74 Å². The third-order valence-corrected chi connectivity index (χ3v) is 4.05. The Balaban J connectivity index is 2.34.